The first-order valence-corrected chi connectivity index (χ1v) is 7.30. The highest BCUT2D eigenvalue weighted by Crippen LogP contribution is 2.21. The molecule has 0 bridgehead atoms. The lowest BCUT2D eigenvalue weighted by Gasteiger charge is -2.05. The van der Waals surface area contributed by atoms with Crippen molar-refractivity contribution in [2.45, 2.75) is 0 Å². The summed E-state index contributed by atoms with van der Waals surface area (Å²) in [7, 11) is 0. The van der Waals surface area contributed by atoms with Crippen molar-refractivity contribution < 1.29 is 0 Å². The third kappa shape index (κ3) is 3.44. The first-order valence-electron chi connectivity index (χ1n) is 7.30. The van der Waals surface area contributed by atoms with Gasteiger partial charge in [0.1, 0.15) is 0 Å². The van der Waals surface area contributed by atoms with E-state index in [9.17, 15) is 0 Å². The molecule has 0 saturated heterocycles. The third-order valence-corrected chi connectivity index (χ3v) is 3.48. The van der Waals surface area contributed by atoms with Gasteiger partial charge < -0.3 is 11.7 Å². The van der Waals surface area contributed by atoms with Crippen LogP contribution in [0.25, 0.3) is 22.6 Å². The summed E-state index contributed by atoms with van der Waals surface area (Å²) in [6, 6.07) is 17.4. The first-order chi connectivity index (χ1) is 11.8. The lowest BCUT2D eigenvalue weighted by Crippen LogP contribution is -1.93. The smallest absolute Gasteiger partial charge is 0.159 e. The normalized spacial score (nSPS) is 11.3. The molecule has 1 aromatic heterocycles. The average Bonchev–Trinajstić information content (AvgIpc) is 2.64. The van der Waals surface area contributed by atoms with E-state index in [1.54, 1.807) is 18.6 Å². The van der Waals surface area contributed by atoms with Crippen molar-refractivity contribution in [3.05, 3.63) is 71.9 Å². The Bertz CT molecular complexity index is 796. The van der Waals surface area contributed by atoms with Crippen molar-refractivity contribution >= 4 is 12.4 Å². The number of aromatic nitrogens is 2. The SMILES string of the molecule is N/N=C/c1ccc(-c2ccnc(-c3ccc(/C=N/N)cc3)n2)cc1. The molecule has 3 aromatic rings. The Labute approximate surface area is 139 Å². The summed E-state index contributed by atoms with van der Waals surface area (Å²) in [6.07, 6.45) is 4.94. The summed E-state index contributed by atoms with van der Waals surface area (Å²) in [5.41, 5.74) is 4.64. The van der Waals surface area contributed by atoms with Crippen LogP contribution in [-0.2, 0) is 0 Å². The number of benzene rings is 2. The molecule has 24 heavy (non-hydrogen) atoms. The number of nitrogens with zero attached hydrogens (tertiary/aromatic N) is 4. The molecule has 118 valence electrons. The molecule has 0 atom stereocenters. The van der Waals surface area contributed by atoms with Crippen LogP contribution >= 0.6 is 0 Å². The predicted octanol–water partition coefficient (Wildman–Crippen LogP) is 2.40. The predicted molar refractivity (Wildman–Crippen MR) is 96.5 cm³/mol. The molecule has 6 heteroatoms. The van der Waals surface area contributed by atoms with E-state index >= 15 is 0 Å². The maximum atomic E-state index is 5.16. The van der Waals surface area contributed by atoms with Crippen LogP contribution in [0.5, 0.6) is 0 Å². The van der Waals surface area contributed by atoms with Gasteiger partial charge in [0.05, 0.1) is 18.1 Å². The van der Waals surface area contributed by atoms with E-state index in [1.807, 2.05) is 54.6 Å². The van der Waals surface area contributed by atoms with Crippen molar-refractivity contribution in [1.29, 1.82) is 0 Å². The maximum Gasteiger partial charge on any atom is 0.159 e. The Morgan fingerprint density at radius 2 is 1.25 bits per heavy atom. The zero-order valence-electron chi connectivity index (χ0n) is 12.9. The summed E-state index contributed by atoms with van der Waals surface area (Å²) >= 11 is 0. The molecule has 0 aliphatic rings. The van der Waals surface area contributed by atoms with Crippen molar-refractivity contribution in [1.82, 2.24) is 9.97 Å². The van der Waals surface area contributed by atoms with Crippen LogP contribution in [0.2, 0.25) is 0 Å². The molecule has 4 N–H and O–H groups in total. The van der Waals surface area contributed by atoms with Crippen LogP contribution < -0.4 is 11.7 Å². The van der Waals surface area contributed by atoms with E-state index in [4.69, 9.17) is 11.7 Å². The Kier molecular flexibility index (Phi) is 4.57. The van der Waals surface area contributed by atoms with Crippen molar-refractivity contribution in [2.24, 2.45) is 21.9 Å². The highest BCUT2D eigenvalue weighted by Gasteiger charge is 2.05. The van der Waals surface area contributed by atoms with Gasteiger partial charge in [0, 0.05) is 17.3 Å². The van der Waals surface area contributed by atoms with E-state index in [2.05, 4.69) is 20.2 Å². The van der Waals surface area contributed by atoms with Gasteiger partial charge in [-0.3, -0.25) is 0 Å². The van der Waals surface area contributed by atoms with Crippen LogP contribution in [0.15, 0.2) is 71.0 Å². The molecule has 0 aliphatic carbocycles. The number of rotatable bonds is 4. The number of nitrogens with two attached hydrogens (primary N) is 2. The van der Waals surface area contributed by atoms with Gasteiger partial charge in [-0.2, -0.15) is 10.2 Å². The van der Waals surface area contributed by atoms with Gasteiger partial charge >= 0.3 is 0 Å². The van der Waals surface area contributed by atoms with Crippen molar-refractivity contribution in [3.8, 4) is 22.6 Å². The Morgan fingerprint density at radius 3 is 1.79 bits per heavy atom. The fourth-order valence-electron chi connectivity index (χ4n) is 2.29. The van der Waals surface area contributed by atoms with Gasteiger partial charge in [0.25, 0.3) is 0 Å². The second kappa shape index (κ2) is 7.15. The minimum Gasteiger partial charge on any atom is -0.323 e. The lowest BCUT2D eigenvalue weighted by molar-refractivity contribution is 1.18. The fourth-order valence-corrected chi connectivity index (χ4v) is 2.29. The topological polar surface area (TPSA) is 103 Å². The summed E-state index contributed by atoms with van der Waals surface area (Å²) in [4.78, 5) is 8.99. The van der Waals surface area contributed by atoms with Crippen LogP contribution in [0.1, 0.15) is 11.1 Å². The molecule has 3 rings (SSSR count). The highest BCUT2D eigenvalue weighted by atomic mass is 15.1. The monoisotopic (exact) mass is 316 g/mol. The molecule has 6 nitrogen and oxygen atoms in total. The van der Waals surface area contributed by atoms with Gasteiger partial charge in [-0.15, -0.1) is 0 Å². The zero-order valence-corrected chi connectivity index (χ0v) is 12.9. The molecule has 0 unspecified atom stereocenters. The largest absolute Gasteiger partial charge is 0.323 e. The minimum absolute atomic E-state index is 0.663. The quantitative estimate of drug-likeness (QED) is 0.438. The molecule has 0 amide bonds. The zero-order chi connectivity index (χ0) is 16.8. The van der Waals surface area contributed by atoms with Crippen molar-refractivity contribution in [3.63, 3.8) is 0 Å². The number of hydrogen-bond donors (Lipinski definition) is 2. The Hall–Kier alpha value is -3.54. The van der Waals surface area contributed by atoms with Crippen molar-refractivity contribution in [2.75, 3.05) is 0 Å². The van der Waals surface area contributed by atoms with Gasteiger partial charge in [-0.05, 0) is 17.2 Å². The third-order valence-electron chi connectivity index (χ3n) is 3.48. The molecule has 0 radical (unpaired) electrons. The summed E-state index contributed by atoms with van der Waals surface area (Å²) in [5.74, 6) is 11.0. The van der Waals surface area contributed by atoms with Gasteiger partial charge in [-0.25, -0.2) is 9.97 Å². The number of hydrazone groups is 2. The minimum atomic E-state index is 0.663. The molecule has 2 aromatic carbocycles. The average molecular weight is 316 g/mol. The van der Waals surface area contributed by atoms with Gasteiger partial charge in [0.2, 0.25) is 0 Å². The van der Waals surface area contributed by atoms with Gasteiger partial charge in [-0.1, -0.05) is 48.5 Å². The highest BCUT2D eigenvalue weighted by molar-refractivity contribution is 5.81. The van der Waals surface area contributed by atoms with E-state index in [0.29, 0.717) is 5.82 Å². The van der Waals surface area contributed by atoms with E-state index in [1.165, 1.54) is 0 Å². The Balaban J connectivity index is 1.91. The molecule has 0 saturated carbocycles. The fraction of sp³-hybridized carbons (Fsp3) is 0. The van der Waals surface area contributed by atoms with Crippen LogP contribution in [0.4, 0.5) is 0 Å². The second-order valence-electron chi connectivity index (χ2n) is 5.07. The van der Waals surface area contributed by atoms with E-state index in [0.717, 1.165) is 27.9 Å². The number of hydrogen-bond acceptors (Lipinski definition) is 6. The molecule has 1 heterocycles. The molecule has 0 spiro atoms. The molecule has 0 fully saturated rings. The van der Waals surface area contributed by atoms with Gasteiger partial charge in [0.15, 0.2) is 5.82 Å². The lowest BCUT2D eigenvalue weighted by atomic mass is 10.1. The molecular weight excluding hydrogens is 300 g/mol. The van der Waals surface area contributed by atoms with Crippen LogP contribution in [0, 0.1) is 0 Å². The molecule has 0 aliphatic heterocycles. The molecular formula is C18H16N6. The Morgan fingerprint density at radius 1 is 0.708 bits per heavy atom. The first kappa shape index (κ1) is 15.4. The second-order valence-corrected chi connectivity index (χ2v) is 5.07. The maximum absolute atomic E-state index is 5.16. The van der Waals surface area contributed by atoms with E-state index in [-0.39, 0.29) is 0 Å². The van der Waals surface area contributed by atoms with E-state index < -0.39 is 0 Å². The summed E-state index contributed by atoms with van der Waals surface area (Å²) in [5, 5.41) is 7.02. The summed E-state index contributed by atoms with van der Waals surface area (Å²) < 4.78 is 0. The standard InChI is InChI=1S/C18H16N6/c19-22-11-13-1-5-15(6-2-13)17-9-10-21-18(24-17)16-7-3-14(4-8-16)12-23-20/h1-12H,19-20H2/b22-11+,23-12+. The summed E-state index contributed by atoms with van der Waals surface area (Å²) in [6.45, 7) is 0. The van der Waals surface area contributed by atoms with Crippen LogP contribution in [0.3, 0.4) is 0 Å². The van der Waals surface area contributed by atoms with Crippen LogP contribution in [-0.4, -0.2) is 22.4 Å².